The molecular weight excluding hydrogens is 522 g/mol. The topological polar surface area (TPSA) is 93.5 Å². The van der Waals surface area contributed by atoms with E-state index in [1.807, 2.05) is 51.1 Å². The highest BCUT2D eigenvalue weighted by Crippen LogP contribution is 2.51. The number of aliphatic carboxylic acids is 1. The van der Waals surface area contributed by atoms with Gasteiger partial charge in [-0.05, 0) is 42.4 Å². The van der Waals surface area contributed by atoms with E-state index < -0.39 is 17.8 Å². The summed E-state index contributed by atoms with van der Waals surface area (Å²) in [6.07, 6.45) is 0.668. The van der Waals surface area contributed by atoms with Gasteiger partial charge in [0.15, 0.2) is 0 Å². The molecule has 2 aromatic carbocycles. The molecule has 6 nitrogen and oxygen atoms in total. The number of carboxylic acid groups (broad SMARTS) is 1. The number of rotatable bonds is 7. The highest BCUT2D eigenvalue weighted by molar-refractivity contribution is 6.30. The van der Waals surface area contributed by atoms with Gasteiger partial charge in [-0.3, -0.25) is 9.20 Å². The lowest BCUT2D eigenvalue weighted by molar-refractivity contribution is -0.151. The molecule has 1 saturated carbocycles. The van der Waals surface area contributed by atoms with Crippen LogP contribution in [0.25, 0.3) is 16.8 Å². The maximum absolute atomic E-state index is 13.2. The van der Waals surface area contributed by atoms with Gasteiger partial charge < -0.3 is 10.8 Å². The molecule has 0 radical (unpaired) electrons. The third-order valence-corrected chi connectivity index (χ3v) is 8.73. The summed E-state index contributed by atoms with van der Waals surface area (Å²) >= 11 is 6.61. The Labute approximate surface area is 230 Å². The number of anilines is 1. The average Bonchev–Trinajstić information content (AvgIpc) is 3.55. The van der Waals surface area contributed by atoms with Crippen LogP contribution in [0.4, 0.5) is 14.6 Å². The van der Waals surface area contributed by atoms with Crippen molar-refractivity contribution in [2.75, 3.05) is 5.73 Å². The first-order valence-corrected chi connectivity index (χ1v) is 13.5. The number of nitrogens with two attached hydrogens (primary N) is 1. The summed E-state index contributed by atoms with van der Waals surface area (Å²) in [5, 5.41) is 10.4. The molecule has 0 bridgehead atoms. The van der Waals surface area contributed by atoms with E-state index in [4.69, 9.17) is 22.3 Å². The standard InChI is InChI=1S/C30H31ClF2N4O2/c1-16(2)30(29(38)39)12-11-22(14-30)28-36-24(25-27(34)35-15-23(31)37(25)28)19-9-7-18(8-10-19)17(3)20-5-4-6-21(13-20)26(32)33/h4-10,13,15-17,22,26H,11-12,14H2,1-3H3,(H2,34,35)(H,38,39)/t17-,22-,30-/m0/s1. The minimum atomic E-state index is -2.52. The Balaban J connectivity index is 1.54. The number of hydrogen-bond acceptors (Lipinski definition) is 4. The van der Waals surface area contributed by atoms with Crippen molar-refractivity contribution in [1.82, 2.24) is 14.4 Å². The van der Waals surface area contributed by atoms with Gasteiger partial charge in [0.2, 0.25) is 0 Å². The fourth-order valence-corrected chi connectivity index (χ4v) is 6.17. The highest BCUT2D eigenvalue weighted by Gasteiger charge is 2.49. The summed E-state index contributed by atoms with van der Waals surface area (Å²) < 4.78 is 28.2. The van der Waals surface area contributed by atoms with Crippen LogP contribution in [0.5, 0.6) is 0 Å². The van der Waals surface area contributed by atoms with Crippen LogP contribution in [-0.2, 0) is 4.79 Å². The van der Waals surface area contributed by atoms with E-state index in [0.29, 0.717) is 41.5 Å². The highest BCUT2D eigenvalue weighted by atomic mass is 35.5. The van der Waals surface area contributed by atoms with Crippen molar-refractivity contribution in [2.24, 2.45) is 11.3 Å². The second-order valence-corrected chi connectivity index (χ2v) is 11.2. The smallest absolute Gasteiger partial charge is 0.309 e. The number of aromatic nitrogens is 3. The molecule has 2 heterocycles. The Bertz CT molecular complexity index is 1540. The van der Waals surface area contributed by atoms with Gasteiger partial charge in [-0.2, -0.15) is 0 Å². The van der Waals surface area contributed by atoms with Crippen LogP contribution in [0, 0.1) is 11.3 Å². The van der Waals surface area contributed by atoms with E-state index in [1.54, 1.807) is 16.5 Å². The van der Waals surface area contributed by atoms with E-state index in [-0.39, 0.29) is 29.1 Å². The molecule has 1 fully saturated rings. The Morgan fingerprint density at radius 2 is 1.82 bits per heavy atom. The number of nitrogen functional groups attached to an aromatic ring is 1. The monoisotopic (exact) mass is 552 g/mol. The molecule has 3 atom stereocenters. The molecule has 204 valence electrons. The number of alkyl halides is 2. The second kappa shape index (κ2) is 10.2. The predicted molar refractivity (Wildman–Crippen MR) is 148 cm³/mol. The SMILES string of the molecule is CC(C)[C@]1(C(=O)O)CC[C@H](c2nc(-c3ccc([C@H](C)c4cccc(C(F)F)c4)cc3)c3c(N)ncc(Cl)n23)C1. The van der Waals surface area contributed by atoms with Gasteiger partial charge in [0, 0.05) is 23.0 Å². The molecule has 2 aromatic heterocycles. The molecule has 0 amide bonds. The van der Waals surface area contributed by atoms with E-state index >= 15 is 0 Å². The largest absolute Gasteiger partial charge is 0.481 e. The van der Waals surface area contributed by atoms with Crippen molar-refractivity contribution in [3.63, 3.8) is 0 Å². The molecule has 9 heteroatoms. The van der Waals surface area contributed by atoms with Gasteiger partial charge in [0.25, 0.3) is 6.43 Å². The Kier molecular flexibility index (Phi) is 7.10. The second-order valence-electron chi connectivity index (χ2n) is 10.8. The van der Waals surface area contributed by atoms with Crippen LogP contribution < -0.4 is 5.73 Å². The summed E-state index contributed by atoms with van der Waals surface area (Å²) in [6, 6.07) is 14.3. The number of benzene rings is 2. The summed E-state index contributed by atoms with van der Waals surface area (Å²) in [5.74, 6) is -0.0387. The minimum Gasteiger partial charge on any atom is -0.481 e. The number of fused-ring (bicyclic) bond motifs is 1. The van der Waals surface area contributed by atoms with Crippen molar-refractivity contribution in [2.45, 2.75) is 58.3 Å². The lowest BCUT2D eigenvalue weighted by Crippen LogP contribution is -2.33. The summed E-state index contributed by atoms with van der Waals surface area (Å²) in [5.41, 5.74) is 9.30. The number of nitrogens with zero attached hydrogens (tertiary/aromatic N) is 3. The quantitative estimate of drug-likeness (QED) is 0.245. The summed E-state index contributed by atoms with van der Waals surface area (Å²) in [6.45, 7) is 5.88. The molecule has 1 aliphatic carbocycles. The first-order chi connectivity index (χ1) is 18.5. The summed E-state index contributed by atoms with van der Waals surface area (Å²) in [4.78, 5) is 21.5. The lowest BCUT2D eigenvalue weighted by atomic mass is 9.75. The van der Waals surface area contributed by atoms with Crippen LogP contribution in [0.15, 0.2) is 54.7 Å². The van der Waals surface area contributed by atoms with Crippen LogP contribution in [0.2, 0.25) is 5.15 Å². The fraction of sp³-hybridized carbons (Fsp3) is 0.367. The summed E-state index contributed by atoms with van der Waals surface area (Å²) in [7, 11) is 0. The zero-order valence-corrected chi connectivity index (χ0v) is 22.8. The van der Waals surface area contributed by atoms with Crippen LogP contribution >= 0.6 is 11.6 Å². The Morgan fingerprint density at radius 1 is 1.13 bits per heavy atom. The molecule has 39 heavy (non-hydrogen) atoms. The van der Waals surface area contributed by atoms with Crippen molar-refractivity contribution >= 4 is 28.9 Å². The van der Waals surface area contributed by atoms with E-state index in [2.05, 4.69) is 4.98 Å². The molecule has 4 aromatic rings. The molecule has 3 N–H and O–H groups in total. The first kappa shape index (κ1) is 27.1. The Hall–Kier alpha value is -3.52. The molecule has 0 unspecified atom stereocenters. The zero-order chi connectivity index (χ0) is 28.1. The minimum absolute atomic E-state index is 0.00382. The predicted octanol–water partition coefficient (Wildman–Crippen LogP) is 7.72. The normalized spacial score (nSPS) is 20.3. The van der Waals surface area contributed by atoms with Crippen molar-refractivity contribution in [3.8, 4) is 11.3 Å². The first-order valence-electron chi connectivity index (χ1n) is 13.1. The van der Waals surface area contributed by atoms with Crippen molar-refractivity contribution in [3.05, 3.63) is 82.4 Å². The van der Waals surface area contributed by atoms with Gasteiger partial charge in [-0.15, -0.1) is 0 Å². The number of carbonyl (C=O) groups is 1. The zero-order valence-electron chi connectivity index (χ0n) is 22.0. The van der Waals surface area contributed by atoms with E-state index in [9.17, 15) is 18.7 Å². The maximum atomic E-state index is 13.2. The molecule has 1 aliphatic rings. The van der Waals surface area contributed by atoms with Crippen molar-refractivity contribution in [1.29, 1.82) is 0 Å². The Morgan fingerprint density at radius 3 is 2.44 bits per heavy atom. The number of imidazole rings is 1. The van der Waals surface area contributed by atoms with Crippen LogP contribution in [0.3, 0.4) is 0 Å². The number of carboxylic acids is 1. The third kappa shape index (κ3) is 4.65. The number of halogens is 3. The maximum Gasteiger partial charge on any atom is 0.309 e. The van der Waals surface area contributed by atoms with E-state index in [1.165, 1.54) is 12.3 Å². The van der Waals surface area contributed by atoms with Crippen molar-refractivity contribution < 1.29 is 18.7 Å². The van der Waals surface area contributed by atoms with Gasteiger partial charge in [0.1, 0.15) is 28.0 Å². The van der Waals surface area contributed by atoms with Gasteiger partial charge in [-0.25, -0.2) is 18.7 Å². The van der Waals surface area contributed by atoms with E-state index in [0.717, 1.165) is 16.7 Å². The molecule has 0 saturated heterocycles. The third-order valence-electron chi connectivity index (χ3n) is 8.46. The molecular formula is C30H31ClF2N4O2. The van der Waals surface area contributed by atoms with Gasteiger partial charge in [-0.1, -0.05) is 74.8 Å². The molecule has 0 aliphatic heterocycles. The number of hydrogen-bond donors (Lipinski definition) is 2. The van der Waals surface area contributed by atoms with Gasteiger partial charge in [0.05, 0.1) is 11.6 Å². The van der Waals surface area contributed by atoms with Crippen LogP contribution in [0.1, 0.15) is 80.8 Å². The fourth-order valence-electron chi connectivity index (χ4n) is 5.95. The lowest BCUT2D eigenvalue weighted by Gasteiger charge is -2.28. The van der Waals surface area contributed by atoms with Gasteiger partial charge >= 0.3 is 5.97 Å². The van der Waals surface area contributed by atoms with Crippen LogP contribution in [-0.4, -0.2) is 25.4 Å². The molecule has 0 spiro atoms. The average molecular weight is 553 g/mol. The molecule has 5 rings (SSSR count).